The average molecular weight is 218 g/mol. The van der Waals surface area contributed by atoms with Crippen molar-refractivity contribution < 1.29 is 9.18 Å². The van der Waals surface area contributed by atoms with Gasteiger partial charge in [0.05, 0.1) is 0 Å². The fraction of sp³-hybridized carbons (Fsp3) is 0.143. The van der Waals surface area contributed by atoms with Crippen LogP contribution in [-0.4, -0.2) is 17.4 Å². The van der Waals surface area contributed by atoms with Crippen molar-refractivity contribution in [1.82, 2.24) is 4.98 Å². The van der Waals surface area contributed by atoms with Gasteiger partial charge >= 0.3 is 0 Å². The van der Waals surface area contributed by atoms with Crippen molar-refractivity contribution in [3.05, 3.63) is 28.5 Å². The molecule has 2 nitrogen and oxygen atoms in total. The van der Waals surface area contributed by atoms with Crippen molar-refractivity contribution in [3.8, 4) is 0 Å². The van der Waals surface area contributed by atoms with Gasteiger partial charge in [0.25, 0.3) is 0 Å². The summed E-state index contributed by atoms with van der Waals surface area (Å²) >= 11 is 3.15. The average Bonchev–Trinajstić information content (AvgIpc) is 2.05. The van der Waals surface area contributed by atoms with Gasteiger partial charge in [-0.05, 0) is 28.1 Å². The topological polar surface area (TPSA) is 30.0 Å². The normalized spacial score (nSPS) is 9.64. The van der Waals surface area contributed by atoms with Crippen molar-refractivity contribution >= 4 is 21.7 Å². The van der Waals surface area contributed by atoms with Crippen molar-refractivity contribution in [2.75, 3.05) is 6.67 Å². The molecule has 0 unspecified atom stereocenters. The van der Waals surface area contributed by atoms with Crippen molar-refractivity contribution in [3.63, 3.8) is 0 Å². The number of pyridine rings is 1. The van der Waals surface area contributed by atoms with Crippen LogP contribution in [0.3, 0.4) is 0 Å². The van der Waals surface area contributed by atoms with Crippen LogP contribution in [0.2, 0.25) is 0 Å². The van der Waals surface area contributed by atoms with E-state index in [1.54, 1.807) is 6.07 Å². The van der Waals surface area contributed by atoms with Crippen LogP contribution in [0.25, 0.3) is 0 Å². The van der Waals surface area contributed by atoms with E-state index in [1.165, 1.54) is 12.3 Å². The second-order valence-corrected chi connectivity index (χ2v) is 2.83. The molecule has 0 saturated heterocycles. The number of ketones is 1. The van der Waals surface area contributed by atoms with Gasteiger partial charge in [0.1, 0.15) is 5.69 Å². The highest BCUT2D eigenvalue weighted by atomic mass is 79.9. The zero-order valence-corrected chi connectivity index (χ0v) is 7.14. The van der Waals surface area contributed by atoms with Crippen LogP contribution in [-0.2, 0) is 0 Å². The summed E-state index contributed by atoms with van der Waals surface area (Å²) in [6.45, 7) is -0.991. The summed E-state index contributed by atoms with van der Waals surface area (Å²) in [6.07, 6.45) is 1.46. The van der Waals surface area contributed by atoms with Crippen molar-refractivity contribution in [1.29, 1.82) is 0 Å². The molecule has 1 rings (SSSR count). The number of hydrogen-bond donors (Lipinski definition) is 0. The maximum absolute atomic E-state index is 11.8. The first-order valence-electron chi connectivity index (χ1n) is 2.95. The van der Waals surface area contributed by atoms with Crippen LogP contribution in [0.1, 0.15) is 10.5 Å². The molecular weight excluding hydrogens is 213 g/mol. The Morgan fingerprint density at radius 3 is 2.82 bits per heavy atom. The predicted octanol–water partition coefficient (Wildman–Crippen LogP) is 2.00. The van der Waals surface area contributed by atoms with Gasteiger partial charge in [-0.2, -0.15) is 0 Å². The van der Waals surface area contributed by atoms with E-state index in [2.05, 4.69) is 20.9 Å². The van der Waals surface area contributed by atoms with E-state index in [9.17, 15) is 9.18 Å². The summed E-state index contributed by atoms with van der Waals surface area (Å²) < 4.78 is 12.5. The summed E-state index contributed by atoms with van der Waals surface area (Å²) in [5.41, 5.74) is 0.163. The molecule has 0 N–H and O–H groups in total. The largest absolute Gasteiger partial charge is 0.289 e. The van der Waals surface area contributed by atoms with Crippen LogP contribution in [0.5, 0.6) is 0 Å². The molecule has 58 valence electrons. The molecule has 0 bridgehead atoms. The summed E-state index contributed by atoms with van der Waals surface area (Å²) in [6, 6.07) is 3.13. The van der Waals surface area contributed by atoms with Crippen molar-refractivity contribution in [2.24, 2.45) is 0 Å². The number of nitrogens with zero attached hydrogens (tertiary/aromatic N) is 1. The number of aromatic nitrogens is 1. The third-order valence-electron chi connectivity index (χ3n) is 1.13. The SMILES string of the molecule is O=C(CF)c1ccc(Br)cn1. The second kappa shape index (κ2) is 3.57. The number of carbonyl (C=O) groups excluding carboxylic acids is 1. The lowest BCUT2D eigenvalue weighted by atomic mass is 10.3. The number of carbonyl (C=O) groups is 1. The first-order valence-corrected chi connectivity index (χ1v) is 3.74. The number of rotatable bonds is 2. The maximum Gasteiger partial charge on any atom is 0.212 e. The second-order valence-electron chi connectivity index (χ2n) is 1.92. The van der Waals surface area contributed by atoms with Gasteiger partial charge in [-0.15, -0.1) is 0 Å². The molecule has 0 atom stereocenters. The summed E-state index contributed by atoms with van der Waals surface area (Å²) in [5.74, 6) is -0.586. The van der Waals surface area contributed by atoms with Crippen LogP contribution in [0, 0.1) is 0 Å². The van der Waals surface area contributed by atoms with Crippen LogP contribution in [0.15, 0.2) is 22.8 Å². The van der Waals surface area contributed by atoms with Crippen LogP contribution < -0.4 is 0 Å². The fourth-order valence-electron chi connectivity index (χ4n) is 0.609. The van der Waals surface area contributed by atoms with E-state index in [-0.39, 0.29) is 5.69 Å². The Morgan fingerprint density at radius 2 is 2.36 bits per heavy atom. The summed E-state index contributed by atoms with van der Waals surface area (Å²) in [4.78, 5) is 14.4. The molecule has 0 saturated carbocycles. The van der Waals surface area contributed by atoms with Gasteiger partial charge in [-0.1, -0.05) is 0 Å². The molecule has 0 aliphatic heterocycles. The molecule has 0 aliphatic carbocycles. The Bertz CT molecular complexity index is 260. The first kappa shape index (κ1) is 8.33. The molecule has 0 radical (unpaired) electrons. The molecule has 0 spiro atoms. The maximum atomic E-state index is 11.8. The smallest absolute Gasteiger partial charge is 0.212 e. The lowest BCUT2D eigenvalue weighted by Gasteiger charge is -1.93. The minimum Gasteiger partial charge on any atom is -0.289 e. The molecule has 0 fully saturated rings. The van der Waals surface area contributed by atoms with E-state index in [0.29, 0.717) is 0 Å². The molecule has 1 aromatic rings. The lowest BCUT2D eigenvalue weighted by Crippen LogP contribution is -2.02. The molecule has 1 heterocycles. The highest BCUT2D eigenvalue weighted by Gasteiger charge is 2.04. The lowest BCUT2D eigenvalue weighted by molar-refractivity contribution is 0.0954. The molecule has 0 amide bonds. The third kappa shape index (κ3) is 2.08. The number of alkyl halides is 1. The number of hydrogen-bond acceptors (Lipinski definition) is 2. The van der Waals surface area contributed by atoms with Gasteiger partial charge in [0, 0.05) is 10.7 Å². The Morgan fingerprint density at radius 1 is 1.64 bits per heavy atom. The Hall–Kier alpha value is -0.770. The third-order valence-corrected chi connectivity index (χ3v) is 1.60. The van der Waals surface area contributed by atoms with E-state index in [0.717, 1.165) is 4.47 Å². The van der Waals surface area contributed by atoms with Crippen LogP contribution >= 0.6 is 15.9 Å². The molecule has 4 heteroatoms. The zero-order chi connectivity index (χ0) is 8.27. The van der Waals surface area contributed by atoms with E-state index < -0.39 is 12.5 Å². The zero-order valence-electron chi connectivity index (χ0n) is 5.55. The predicted molar refractivity (Wildman–Crippen MR) is 42.2 cm³/mol. The molecular formula is C7H5BrFNO. The number of Topliss-reactive ketones (excluding diaryl/α,β-unsaturated/α-hetero) is 1. The van der Waals surface area contributed by atoms with E-state index >= 15 is 0 Å². The molecule has 0 aliphatic rings. The van der Waals surface area contributed by atoms with E-state index in [1.807, 2.05) is 0 Å². The molecule has 11 heavy (non-hydrogen) atoms. The standard InChI is InChI=1S/C7H5BrFNO/c8-5-1-2-6(10-4-5)7(11)3-9/h1-2,4H,3H2. The van der Waals surface area contributed by atoms with Crippen molar-refractivity contribution in [2.45, 2.75) is 0 Å². The van der Waals surface area contributed by atoms with E-state index in [4.69, 9.17) is 0 Å². The Labute approximate surface area is 71.6 Å². The Balaban J connectivity index is 2.90. The van der Waals surface area contributed by atoms with Crippen LogP contribution in [0.4, 0.5) is 4.39 Å². The Kier molecular flexibility index (Phi) is 2.70. The van der Waals surface area contributed by atoms with Gasteiger partial charge in [-0.25, -0.2) is 4.39 Å². The number of halogens is 2. The quantitative estimate of drug-likeness (QED) is 0.710. The van der Waals surface area contributed by atoms with Gasteiger partial charge in [-0.3, -0.25) is 9.78 Å². The highest BCUT2D eigenvalue weighted by Crippen LogP contribution is 2.07. The summed E-state index contributed by atoms with van der Waals surface area (Å²) in [5, 5.41) is 0. The minimum atomic E-state index is -0.991. The summed E-state index contributed by atoms with van der Waals surface area (Å²) in [7, 11) is 0. The highest BCUT2D eigenvalue weighted by molar-refractivity contribution is 9.10. The molecule has 0 aromatic carbocycles. The fourth-order valence-corrected chi connectivity index (χ4v) is 0.844. The first-order chi connectivity index (χ1) is 5.24. The van der Waals surface area contributed by atoms with Gasteiger partial charge in [0.2, 0.25) is 5.78 Å². The minimum absolute atomic E-state index is 0.163. The van der Waals surface area contributed by atoms with Gasteiger partial charge in [0.15, 0.2) is 6.67 Å². The van der Waals surface area contributed by atoms with Gasteiger partial charge < -0.3 is 0 Å². The molecule has 1 aromatic heterocycles. The monoisotopic (exact) mass is 217 g/mol.